The van der Waals surface area contributed by atoms with E-state index < -0.39 is 12.1 Å². The van der Waals surface area contributed by atoms with Crippen molar-refractivity contribution in [2.24, 2.45) is 0 Å². The maximum atomic E-state index is 11.8. The van der Waals surface area contributed by atoms with Gasteiger partial charge in [0, 0.05) is 46.1 Å². The number of amides is 1. The van der Waals surface area contributed by atoms with Crippen LogP contribution in [0.25, 0.3) is 0 Å². The van der Waals surface area contributed by atoms with Crippen molar-refractivity contribution in [3.63, 3.8) is 0 Å². The molecule has 1 amide bonds. The van der Waals surface area contributed by atoms with Crippen molar-refractivity contribution in [3.8, 4) is 0 Å². The lowest BCUT2D eigenvalue weighted by molar-refractivity contribution is -0.192. The third kappa shape index (κ3) is 7.26. The number of alkyl halides is 3. The summed E-state index contributed by atoms with van der Waals surface area (Å²) in [7, 11) is 3.52. The number of likely N-dealkylation sites (N-methyl/N-ethyl adjacent to an activating group) is 1. The first-order valence-electron chi connectivity index (χ1n) is 9.57. The summed E-state index contributed by atoms with van der Waals surface area (Å²) in [5.74, 6) is -2.71. The van der Waals surface area contributed by atoms with Crippen LogP contribution in [-0.4, -0.2) is 84.3 Å². The van der Waals surface area contributed by atoms with Crippen LogP contribution < -0.4 is 5.32 Å². The molecule has 12 heteroatoms. The molecule has 1 aromatic rings. The zero-order chi connectivity index (χ0) is 22.3. The van der Waals surface area contributed by atoms with E-state index in [1.807, 2.05) is 6.20 Å². The Kier molecular flexibility index (Phi) is 8.62. The van der Waals surface area contributed by atoms with Gasteiger partial charge in [0.05, 0.1) is 12.3 Å². The van der Waals surface area contributed by atoms with Gasteiger partial charge in [0.2, 0.25) is 5.91 Å². The zero-order valence-corrected chi connectivity index (χ0v) is 16.9. The van der Waals surface area contributed by atoms with Gasteiger partial charge in [-0.2, -0.15) is 18.3 Å². The molecular weight excluding hydrogens is 409 g/mol. The van der Waals surface area contributed by atoms with Gasteiger partial charge in [-0.15, -0.1) is 0 Å². The van der Waals surface area contributed by atoms with Crippen molar-refractivity contribution in [2.75, 3.05) is 40.5 Å². The van der Waals surface area contributed by atoms with Gasteiger partial charge in [-0.1, -0.05) is 0 Å². The van der Waals surface area contributed by atoms with Gasteiger partial charge in [0.25, 0.3) is 0 Å². The molecule has 3 rings (SSSR count). The Morgan fingerprint density at radius 3 is 2.50 bits per heavy atom. The number of carboxylic acid groups (broad SMARTS) is 1. The average molecular weight is 436 g/mol. The number of nitrogens with one attached hydrogen (secondary N) is 1. The molecule has 0 aliphatic carbocycles. The summed E-state index contributed by atoms with van der Waals surface area (Å²) in [6, 6.07) is 0.495. The number of fused-ring (bicyclic) bond motifs is 1. The predicted octanol–water partition coefficient (Wildman–Crippen LogP) is 0.987. The number of hydrogen-bond acceptors (Lipinski definition) is 6. The Bertz CT molecular complexity index is 717. The van der Waals surface area contributed by atoms with Gasteiger partial charge < -0.3 is 24.8 Å². The molecule has 0 bridgehead atoms. The molecule has 170 valence electrons. The van der Waals surface area contributed by atoms with E-state index in [9.17, 15) is 18.0 Å². The summed E-state index contributed by atoms with van der Waals surface area (Å²) >= 11 is 0. The van der Waals surface area contributed by atoms with Crippen molar-refractivity contribution in [3.05, 3.63) is 17.5 Å². The van der Waals surface area contributed by atoms with Gasteiger partial charge in [0.15, 0.2) is 0 Å². The molecule has 0 aromatic carbocycles. The number of carbonyl (C=O) groups is 2. The normalized spacial score (nSPS) is 19.4. The van der Waals surface area contributed by atoms with Crippen LogP contribution in [0.5, 0.6) is 0 Å². The maximum absolute atomic E-state index is 11.8. The molecule has 9 nitrogen and oxygen atoms in total. The van der Waals surface area contributed by atoms with Crippen molar-refractivity contribution in [1.82, 2.24) is 20.0 Å². The number of halogens is 3. The topological polar surface area (TPSA) is 106 Å². The highest BCUT2D eigenvalue weighted by Crippen LogP contribution is 2.25. The fourth-order valence-electron chi connectivity index (χ4n) is 3.02. The van der Waals surface area contributed by atoms with E-state index in [1.165, 1.54) is 5.56 Å². The van der Waals surface area contributed by atoms with E-state index >= 15 is 0 Å². The highest BCUT2D eigenvalue weighted by Gasteiger charge is 2.38. The summed E-state index contributed by atoms with van der Waals surface area (Å²) in [4.78, 5) is 22.3. The first-order valence-corrected chi connectivity index (χ1v) is 9.57. The molecule has 0 radical (unpaired) electrons. The average Bonchev–Trinajstić information content (AvgIpc) is 3.09. The highest BCUT2D eigenvalue weighted by molar-refractivity contribution is 5.75. The minimum absolute atomic E-state index is 0.0303. The molecule has 1 saturated heterocycles. The molecule has 3 heterocycles. The van der Waals surface area contributed by atoms with Crippen LogP contribution in [0.3, 0.4) is 0 Å². The third-order valence-electron chi connectivity index (χ3n) is 4.72. The van der Waals surface area contributed by atoms with Crippen LogP contribution in [0.4, 0.5) is 13.2 Å². The quantitative estimate of drug-likeness (QED) is 0.709. The lowest BCUT2D eigenvalue weighted by atomic mass is 10.0. The standard InChI is InChI=1S/C16H26N4O3.C2HF3O2/c1-19(2)15(21)11-20-10-12-3-8-23-14(16(12)18-20)9-17-13-4-6-22-7-5-13;3-2(4,5)1(6)7/h10,13-14,17H,3-9,11H2,1-2H3;(H,6,7). The van der Waals surface area contributed by atoms with E-state index in [0.29, 0.717) is 12.6 Å². The largest absolute Gasteiger partial charge is 0.490 e. The molecule has 1 fully saturated rings. The minimum atomic E-state index is -5.08. The van der Waals surface area contributed by atoms with E-state index in [4.69, 9.17) is 19.4 Å². The predicted molar refractivity (Wildman–Crippen MR) is 98.9 cm³/mol. The van der Waals surface area contributed by atoms with Gasteiger partial charge in [-0.25, -0.2) is 4.79 Å². The van der Waals surface area contributed by atoms with Crippen molar-refractivity contribution in [2.45, 2.75) is 44.1 Å². The van der Waals surface area contributed by atoms with Gasteiger partial charge in [0.1, 0.15) is 12.6 Å². The number of aromatic nitrogens is 2. The van der Waals surface area contributed by atoms with E-state index in [0.717, 1.165) is 44.7 Å². The van der Waals surface area contributed by atoms with Gasteiger partial charge in [-0.3, -0.25) is 9.48 Å². The van der Waals surface area contributed by atoms with Crippen molar-refractivity contribution >= 4 is 11.9 Å². The number of rotatable bonds is 5. The number of hydrogen-bond donors (Lipinski definition) is 2. The Labute approximate surface area is 172 Å². The Balaban J connectivity index is 0.000000396. The number of nitrogens with zero attached hydrogens (tertiary/aromatic N) is 3. The molecule has 30 heavy (non-hydrogen) atoms. The van der Waals surface area contributed by atoms with Gasteiger partial charge >= 0.3 is 12.1 Å². The fraction of sp³-hybridized carbons (Fsp3) is 0.722. The first kappa shape index (κ1) is 24.1. The van der Waals surface area contributed by atoms with Crippen molar-refractivity contribution < 1.29 is 37.3 Å². The molecule has 1 unspecified atom stereocenters. The molecule has 2 aliphatic rings. The summed E-state index contributed by atoms with van der Waals surface area (Å²) in [6.07, 6.45) is -0.172. The number of carbonyl (C=O) groups excluding carboxylic acids is 1. The first-order chi connectivity index (χ1) is 14.1. The third-order valence-corrected chi connectivity index (χ3v) is 4.72. The number of ether oxygens (including phenoxy) is 2. The van der Waals surface area contributed by atoms with Crippen LogP contribution in [0.1, 0.15) is 30.2 Å². The molecule has 2 aliphatic heterocycles. The molecule has 0 spiro atoms. The fourth-order valence-corrected chi connectivity index (χ4v) is 3.02. The van der Waals surface area contributed by atoms with Crippen molar-refractivity contribution in [1.29, 1.82) is 0 Å². The van der Waals surface area contributed by atoms with Crippen LogP contribution in [0, 0.1) is 0 Å². The number of aliphatic carboxylic acids is 1. The molecule has 1 atom stereocenters. The molecule has 2 N–H and O–H groups in total. The summed E-state index contributed by atoms with van der Waals surface area (Å²) < 4.78 is 44.8. The Morgan fingerprint density at radius 1 is 1.30 bits per heavy atom. The smallest absolute Gasteiger partial charge is 0.475 e. The van der Waals surface area contributed by atoms with Crippen LogP contribution >= 0.6 is 0 Å². The monoisotopic (exact) mass is 436 g/mol. The van der Waals surface area contributed by atoms with Crippen LogP contribution in [0.2, 0.25) is 0 Å². The lowest BCUT2D eigenvalue weighted by Crippen LogP contribution is -2.38. The summed E-state index contributed by atoms with van der Waals surface area (Å²) in [5.41, 5.74) is 2.17. The molecule has 1 aromatic heterocycles. The second-order valence-corrected chi connectivity index (χ2v) is 7.23. The molecular formula is C18H27F3N4O5. The van der Waals surface area contributed by atoms with E-state index in [-0.39, 0.29) is 18.6 Å². The maximum Gasteiger partial charge on any atom is 0.490 e. The van der Waals surface area contributed by atoms with E-state index in [1.54, 1.807) is 23.7 Å². The molecule has 0 saturated carbocycles. The second kappa shape index (κ2) is 10.7. The Hall–Kier alpha value is -2.18. The van der Waals surface area contributed by atoms with Crippen LogP contribution in [0.15, 0.2) is 6.20 Å². The SMILES string of the molecule is CN(C)C(=O)Cn1cc2c(n1)C(CNC1CCOCC1)OCC2.O=C(O)C(F)(F)F. The zero-order valence-electron chi connectivity index (χ0n) is 16.9. The van der Waals surface area contributed by atoms with Gasteiger partial charge in [-0.05, 0) is 24.8 Å². The van der Waals surface area contributed by atoms with E-state index in [2.05, 4.69) is 10.4 Å². The second-order valence-electron chi connectivity index (χ2n) is 7.23. The minimum Gasteiger partial charge on any atom is -0.475 e. The lowest BCUT2D eigenvalue weighted by Gasteiger charge is -2.27. The number of carboxylic acids is 1. The summed E-state index contributed by atoms with van der Waals surface area (Å²) in [6.45, 7) is 3.41. The summed E-state index contributed by atoms with van der Waals surface area (Å²) in [5, 5.41) is 15.3. The Morgan fingerprint density at radius 2 is 1.93 bits per heavy atom. The highest BCUT2D eigenvalue weighted by atomic mass is 19.4. The van der Waals surface area contributed by atoms with Crippen LogP contribution in [-0.2, 0) is 32.0 Å².